The highest BCUT2D eigenvalue weighted by atomic mass is 32.2. The molecule has 0 unspecified atom stereocenters. The van der Waals surface area contributed by atoms with Gasteiger partial charge in [0.05, 0.1) is 6.61 Å². The Morgan fingerprint density at radius 2 is 1.79 bits per heavy atom. The molecule has 0 aromatic heterocycles. The van der Waals surface area contributed by atoms with Crippen LogP contribution in [0.2, 0.25) is 0 Å². The van der Waals surface area contributed by atoms with Crippen molar-refractivity contribution >= 4 is 11.8 Å². The van der Waals surface area contributed by atoms with Crippen molar-refractivity contribution in [3.05, 3.63) is 0 Å². The van der Waals surface area contributed by atoms with Gasteiger partial charge >= 0.3 is 0 Å². The summed E-state index contributed by atoms with van der Waals surface area (Å²) in [5, 5.41) is 0. The number of rotatable bonds is 10. The predicted molar refractivity (Wildman–Crippen MR) is 66.2 cm³/mol. The van der Waals surface area contributed by atoms with Gasteiger partial charge in [0.25, 0.3) is 0 Å². The van der Waals surface area contributed by atoms with Crippen LogP contribution >= 0.6 is 11.8 Å². The Balaban J connectivity index is 3.04. The molecule has 0 saturated carbocycles. The summed E-state index contributed by atoms with van der Waals surface area (Å²) in [6.45, 7) is 9.56. The average Bonchev–Trinajstić information content (AvgIpc) is 2.22. The molecule has 0 atom stereocenters. The molecular weight excluding hydrogens is 194 g/mol. The van der Waals surface area contributed by atoms with Gasteiger partial charge in [-0.05, 0) is 37.9 Å². The number of thioether (sulfide) groups is 1. The first-order chi connectivity index (χ1) is 6.85. The van der Waals surface area contributed by atoms with Gasteiger partial charge in [0.15, 0.2) is 0 Å². The highest BCUT2D eigenvalue weighted by Gasteiger charge is 1.97. The molecule has 0 aliphatic heterocycles. The molecule has 0 aromatic rings. The standard InChI is InChI=1S/C11H25NOS/c1-4-12(5-2)8-10-13-9-6-7-11-14-3/h4-11H2,1-3H3. The molecule has 14 heavy (non-hydrogen) atoms. The van der Waals surface area contributed by atoms with Crippen molar-refractivity contribution in [1.29, 1.82) is 0 Å². The lowest BCUT2D eigenvalue weighted by Gasteiger charge is -2.17. The van der Waals surface area contributed by atoms with Gasteiger partial charge < -0.3 is 9.64 Å². The van der Waals surface area contributed by atoms with Gasteiger partial charge in [-0.1, -0.05) is 13.8 Å². The monoisotopic (exact) mass is 219 g/mol. The van der Waals surface area contributed by atoms with Gasteiger partial charge in [-0.2, -0.15) is 11.8 Å². The fraction of sp³-hybridized carbons (Fsp3) is 1.00. The molecule has 0 fully saturated rings. The van der Waals surface area contributed by atoms with Crippen molar-refractivity contribution in [2.45, 2.75) is 26.7 Å². The maximum absolute atomic E-state index is 5.56. The summed E-state index contributed by atoms with van der Waals surface area (Å²) in [5.74, 6) is 1.26. The minimum atomic E-state index is 0.890. The second-order valence-corrected chi connectivity index (χ2v) is 4.32. The smallest absolute Gasteiger partial charge is 0.0593 e. The Bertz CT molecular complexity index is 107. The summed E-state index contributed by atoms with van der Waals surface area (Å²) in [7, 11) is 0. The van der Waals surface area contributed by atoms with Crippen LogP contribution in [0.15, 0.2) is 0 Å². The molecule has 0 aromatic carbocycles. The molecule has 0 spiro atoms. The lowest BCUT2D eigenvalue weighted by atomic mass is 10.4. The van der Waals surface area contributed by atoms with Crippen LogP contribution in [0.3, 0.4) is 0 Å². The zero-order valence-corrected chi connectivity index (χ0v) is 10.7. The number of ether oxygens (including phenoxy) is 1. The number of likely N-dealkylation sites (N-methyl/N-ethyl adjacent to an activating group) is 1. The number of unbranched alkanes of at least 4 members (excludes halogenated alkanes) is 1. The van der Waals surface area contributed by atoms with E-state index in [2.05, 4.69) is 25.0 Å². The quantitative estimate of drug-likeness (QED) is 0.524. The Labute approximate surface area is 93.4 Å². The van der Waals surface area contributed by atoms with E-state index in [1.54, 1.807) is 0 Å². The molecule has 0 amide bonds. The van der Waals surface area contributed by atoms with E-state index in [1.807, 2.05) is 11.8 Å². The second kappa shape index (κ2) is 11.3. The summed E-state index contributed by atoms with van der Waals surface area (Å²) in [5.41, 5.74) is 0. The molecule has 2 nitrogen and oxygen atoms in total. The number of hydrogen-bond donors (Lipinski definition) is 0. The molecule has 0 bridgehead atoms. The number of hydrogen-bond acceptors (Lipinski definition) is 3. The molecule has 0 N–H and O–H groups in total. The van der Waals surface area contributed by atoms with Crippen LogP contribution < -0.4 is 0 Å². The third kappa shape index (κ3) is 8.85. The van der Waals surface area contributed by atoms with Crippen LogP contribution in [0, 0.1) is 0 Å². The van der Waals surface area contributed by atoms with Crippen molar-refractivity contribution in [3.63, 3.8) is 0 Å². The van der Waals surface area contributed by atoms with Gasteiger partial charge in [-0.15, -0.1) is 0 Å². The highest BCUT2D eigenvalue weighted by molar-refractivity contribution is 7.98. The van der Waals surface area contributed by atoms with E-state index in [-0.39, 0.29) is 0 Å². The first-order valence-corrected chi connectivity index (χ1v) is 7.03. The van der Waals surface area contributed by atoms with Gasteiger partial charge in [-0.3, -0.25) is 0 Å². The van der Waals surface area contributed by atoms with E-state index >= 15 is 0 Å². The van der Waals surface area contributed by atoms with Crippen LogP contribution in [0.1, 0.15) is 26.7 Å². The van der Waals surface area contributed by atoms with Gasteiger partial charge in [0, 0.05) is 13.2 Å². The summed E-state index contributed by atoms with van der Waals surface area (Å²) >= 11 is 1.91. The predicted octanol–water partition coefficient (Wildman–Crippen LogP) is 2.49. The minimum absolute atomic E-state index is 0.890. The molecule has 0 aliphatic carbocycles. The SMILES string of the molecule is CCN(CC)CCOCCCCSC. The summed E-state index contributed by atoms with van der Waals surface area (Å²) in [6.07, 6.45) is 4.65. The normalized spacial score (nSPS) is 11.1. The molecule has 86 valence electrons. The summed E-state index contributed by atoms with van der Waals surface area (Å²) in [4.78, 5) is 2.39. The Morgan fingerprint density at radius 1 is 1.07 bits per heavy atom. The van der Waals surface area contributed by atoms with Crippen LogP contribution in [-0.4, -0.2) is 49.8 Å². The summed E-state index contributed by atoms with van der Waals surface area (Å²) < 4.78 is 5.56. The van der Waals surface area contributed by atoms with Crippen LogP contribution in [-0.2, 0) is 4.74 Å². The first kappa shape index (κ1) is 14.3. The maximum atomic E-state index is 5.56. The van der Waals surface area contributed by atoms with Crippen molar-refractivity contribution in [3.8, 4) is 0 Å². The van der Waals surface area contributed by atoms with Crippen LogP contribution in [0.25, 0.3) is 0 Å². The molecule has 0 radical (unpaired) electrons. The fourth-order valence-electron chi connectivity index (χ4n) is 1.29. The van der Waals surface area contributed by atoms with Gasteiger partial charge in [-0.25, -0.2) is 0 Å². The zero-order valence-electron chi connectivity index (χ0n) is 9.92. The Morgan fingerprint density at radius 3 is 2.36 bits per heavy atom. The second-order valence-electron chi connectivity index (χ2n) is 3.34. The zero-order chi connectivity index (χ0) is 10.6. The fourth-order valence-corrected chi connectivity index (χ4v) is 1.78. The lowest BCUT2D eigenvalue weighted by Crippen LogP contribution is -2.27. The Hall–Kier alpha value is 0.270. The summed E-state index contributed by atoms with van der Waals surface area (Å²) in [6, 6.07) is 0. The molecular formula is C11H25NOS. The van der Waals surface area contributed by atoms with Crippen molar-refractivity contribution in [2.24, 2.45) is 0 Å². The van der Waals surface area contributed by atoms with E-state index < -0.39 is 0 Å². The van der Waals surface area contributed by atoms with Crippen LogP contribution in [0.5, 0.6) is 0 Å². The third-order valence-corrected chi connectivity index (χ3v) is 3.03. The minimum Gasteiger partial charge on any atom is -0.380 e. The Kier molecular flexibility index (Phi) is 11.6. The van der Waals surface area contributed by atoms with E-state index in [0.717, 1.165) is 32.8 Å². The van der Waals surface area contributed by atoms with E-state index in [4.69, 9.17) is 4.74 Å². The molecule has 0 aliphatic rings. The van der Waals surface area contributed by atoms with E-state index in [1.165, 1.54) is 18.6 Å². The third-order valence-electron chi connectivity index (χ3n) is 2.33. The molecule has 0 rings (SSSR count). The topological polar surface area (TPSA) is 12.5 Å². The molecule has 0 heterocycles. The lowest BCUT2D eigenvalue weighted by molar-refractivity contribution is 0.105. The van der Waals surface area contributed by atoms with E-state index in [9.17, 15) is 0 Å². The first-order valence-electron chi connectivity index (χ1n) is 5.64. The highest BCUT2D eigenvalue weighted by Crippen LogP contribution is 1.99. The maximum Gasteiger partial charge on any atom is 0.0593 e. The number of nitrogens with zero attached hydrogens (tertiary/aromatic N) is 1. The molecule has 0 saturated heterocycles. The van der Waals surface area contributed by atoms with Crippen molar-refractivity contribution < 1.29 is 4.74 Å². The largest absolute Gasteiger partial charge is 0.380 e. The average molecular weight is 219 g/mol. The van der Waals surface area contributed by atoms with Crippen molar-refractivity contribution in [1.82, 2.24) is 4.90 Å². The van der Waals surface area contributed by atoms with Crippen molar-refractivity contribution in [2.75, 3.05) is 44.9 Å². The van der Waals surface area contributed by atoms with Gasteiger partial charge in [0.1, 0.15) is 0 Å². The van der Waals surface area contributed by atoms with Crippen LogP contribution in [0.4, 0.5) is 0 Å². The molecule has 3 heteroatoms. The van der Waals surface area contributed by atoms with Gasteiger partial charge in [0.2, 0.25) is 0 Å². The van der Waals surface area contributed by atoms with E-state index in [0.29, 0.717) is 0 Å².